The summed E-state index contributed by atoms with van der Waals surface area (Å²) >= 11 is 1.38. The first-order valence-corrected chi connectivity index (χ1v) is 11.4. The second kappa shape index (κ2) is 10.3. The van der Waals surface area contributed by atoms with Gasteiger partial charge in [-0.05, 0) is 67.6 Å². The van der Waals surface area contributed by atoms with E-state index in [1.54, 1.807) is 14.2 Å². The summed E-state index contributed by atoms with van der Waals surface area (Å²) in [7, 11) is 3.29. The number of nitrogens with one attached hydrogen (secondary N) is 2. The molecule has 0 bridgehead atoms. The predicted octanol–water partition coefficient (Wildman–Crippen LogP) is 5.88. The first-order chi connectivity index (χ1) is 16.1. The van der Waals surface area contributed by atoms with E-state index in [0.29, 0.717) is 5.16 Å². The summed E-state index contributed by atoms with van der Waals surface area (Å²) in [5.74, 6) is 1.48. The molecule has 0 aliphatic carbocycles. The van der Waals surface area contributed by atoms with Crippen LogP contribution in [0.3, 0.4) is 0 Å². The van der Waals surface area contributed by atoms with Crippen molar-refractivity contribution < 1.29 is 14.3 Å². The minimum atomic E-state index is -0.344. The monoisotopic (exact) mass is 459 g/mol. The minimum absolute atomic E-state index is 0.0837. The molecule has 33 heavy (non-hydrogen) atoms. The number of hydrogen-bond donors (Lipinski definition) is 2. The Morgan fingerprint density at radius 1 is 0.879 bits per heavy atom. The maximum Gasteiger partial charge on any atom is 0.237 e. The zero-order valence-corrected chi connectivity index (χ0v) is 19.5. The summed E-state index contributed by atoms with van der Waals surface area (Å²) in [6, 6.07) is 25.0. The SMILES string of the molecule is COc1ccc(-c2nc(SC(C)C(=O)Nc3ccccc3)[nH]c2-c2ccc(OC)cc2)cc1. The topological polar surface area (TPSA) is 76.2 Å². The van der Waals surface area contributed by atoms with E-state index in [2.05, 4.69) is 10.3 Å². The number of ether oxygens (including phenoxy) is 2. The Bertz CT molecular complexity index is 1140. The molecule has 3 aromatic carbocycles. The Hall–Kier alpha value is -3.71. The van der Waals surface area contributed by atoms with Crippen LogP contribution >= 0.6 is 11.8 Å². The highest BCUT2D eigenvalue weighted by atomic mass is 32.2. The fourth-order valence-corrected chi connectivity index (χ4v) is 4.12. The molecule has 1 aromatic heterocycles. The number of carbonyl (C=O) groups is 1. The van der Waals surface area contributed by atoms with Crippen molar-refractivity contribution in [2.45, 2.75) is 17.3 Å². The van der Waals surface area contributed by atoms with E-state index < -0.39 is 0 Å². The van der Waals surface area contributed by atoms with Gasteiger partial charge in [0, 0.05) is 16.8 Å². The summed E-state index contributed by atoms with van der Waals surface area (Å²) in [5.41, 5.74) is 4.38. The van der Waals surface area contributed by atoms with Gasteiger partial charge in [-0.1, -0.05) is 30.0 Å². The number of methoxy groups -OCH3 is 2. The molecule has 0 aliphatic rings. The molecule has 1 amide bonds. The maximum absolute atomic E-state index is 12.7. The zero-order valence-electron chi connectivity index (χ0n) is 18.7. The molecule has 168 valence electrons. The van der Waals surface area contributed by atoms with Crippen LogP contribution in [0.5, 0.6) is 11.5 Å². The number of imidazole rings is 1. The summed E-state index contributed by atoms with van der Waals surface area (Å²) < 4.78 is 10.6. The minimum Gasteiger partial charge on any atom is -0.497 e. The van der Waals surface area contributed by atoms with E-state index in [0.717, 1.165) is 39.7 Å². The summed E-state index contributed by atoms with van der Waals surface area (Å²) in [6.07, 6.45) is 0. The molecular formula is C26H25N3O3S. The number of aromatic nitrogens is 2. The van der Waals surface area contributed by atoms with Gasteiger partial charge in [-0.3, -0.25) is 4.79 Å². The van der Waals surface area contributed by atoms with E-state index in [4.69, 9.17) is 14.5 Å². The van der Waals surface area contributed by atoms with Crippen LogP contribution < -0.4 is 14.8 Å². The number of anilines is 1. The molecule has 0 aliphatic heterocycles. The number of amides is 1. The molecule has 6 nitrogen and oxygen atoms in total. The highest BCUT2D eigenvalue weighted by Crippen LogP contribution is 2.35. The van der Waals surface area contributed by atoms with Crippen LogP contribution in [0.4, 0.5) is 5.69 Å². The number of hydrogen-bond acceptors (Lipinski definition) is 5. The molecule has 0 spiro atoms. The van der Waals surface area contributed by atoms with Gasteiger partial charge in [0.2, 0.25) is 5.91 Å². The number of rotatable bonds is 8. The fourth-order valence-electron chi connectivity index (χ4n) is 3.32. The van der Waals surface area contributed by atoms with Gasteiger partial charge in [0.05, 0.1) is 30.9 Å². The molecule has 0 radical (unpaired) electrons. The van der Waals surface area contributed by atoms with Gasteiger partial charge >= 0.3 is 0 Å². The molecule has 1 atom stereocenters. The molecule has 0 saturated heterocycles. The third-order valence-electron chi connectivity index (χ3n) is 5.12. The molecule has 7 heteroatoms. The third kappa shape index (κ3) is 5.38. The summed E-state index contributed by atoms with van der Waals surface area (Å²) in [4.78, 5) is 20.9. The molecule has 4 rings (SSSR count). The summed E-state index contributed by atoms with van der Waals surface area (Å²) in [6.45, 7) is 1.87. The molecule has 2 N–H and O–H groups in total. The Kier molecular flexibility index (Phi) is 7.00. The van der Waals surface area contributed by atoms with Gasteiger partial charge in [0.25, 0.3) is 0 Å². The molecule has 0 fully saturated rings. The van der Waals surface area contributed by atoms with Crippen LogP contribution in [0.1, 0.15) is 6.92 Å². The summed E-state index contributed by atoms with van der Waals surface area (Å²) in [5, 5.41) is 3.27. The van der Waals surface area contributed by atoms with Gasteiger partial charge in [-0.2, -0.15) is 0 Å². The number of aromatic amines is 1. The molecule has 1 heterocycles. The van der Waals surface area contributed by atoms with E-state index in [9.17, 15) is 4.79 Å². The molecule has 0 saturated carbocycles. The standard InChI is InChI=1S/C26H25N3O3S/c1-17(25(30)27-20-7-5-4-6-8-20)33-26-28-23(18-9-13-21(31-2)14-10-18)24(29-26)19-11-15-22(32-3)16-12-19/h4-17H,1-3H3,(H,27,30)(H,28,29). The number of carbonyl (C=O) groups excluding carboxylic acids is 1. The van der Waals surface area contributed by atoms with Gasteiger partial charge in [0.1, 0.15) is 11.5 Å². The highest BCUT2D eigenvalue weighted by Gasteiger charge is 2.20. The number of H-pyrrole nitrogens is 1. The van der Waals surface area contributed by atoms with Crippen molar-refractivity contribution in [2.75, 3.05) is 19.5 Å². The number of nitrogens with zero attached hydrogens (tertiary/aromatic N) is 1. The lowest BCUT2D eigenvalue weighted by atomic mass is 10.0. The van der Waals surface area contributed by atoms with E-state index in [-0.39, 0.29) is 11.2 Å². The normalized spacial score (nSPS) is 11.6. The third-order valence-corrected chi connectivity index (χ3v) is 6.11. The van der Waals surface area contributed by atoms with Crippen LogP contribution in [0.2, 0.25) is 0 Å². The lowest BCUT2D eigenvalue weighted by molar-refractivity contribution is -0.115. The van der Waals surface area contributed by atoms with E-state index in [1.165, 1.54) is 11.8 Å². The largest absolute Gasteiger partial charge is 0.497 e. The number of thioether (sulfide) groups is 1. The van der Waals surface area contributed by atoms with Crippen molar-refractivity contribution in [1.29, 1.82) is 0 Å². The van der Waals surface area contributed by atoms with Crippen molar-refractivity contribution in [1.82, 2.24) is 9.97 Å². The molecule has 1 unspecified atom stereocenters. The second-order valence-electron chi connectivity index (χ2n) is 7.34. The molecular weight excluding hydrogens is 434 g/mol. The number of para-hydroxylation sites is 1. The van der Waals surface area contributed by atoms with Crippen molar-refractivity contribution >= 4 is 23.4 Å². The smallest absolute Gasteiger partial charge is 0.237 e. The Balaban J connectivity index is 1.62. The molecule has 4 aromatic rings. The average Bonchev–Trinajstić information content (AvgIpc) is 3.28. The van der Waals surface area contributed by atoms with Crippen molar-refractivity contribution in [3.8, 4) is 34.0 Å². The maximum atomic E-state index is 12.7. The van der Waals surface area contributed by atoms with Crippen LogP contribution in [0, 0.1) is 0 Å². The predicted molar refractivity (Wildman–Crippen MR) is 133 cm³/mol. The number of benzene rings is 3. The van der Waals surface area contributed by atoms with E-state index in [1.807, 2.05) is 85.8 Å². The van der Waals surface area contributed by atoms with E-state index >= 15 is 0 Å². The highest BCUT2D eigenvalue weighted by molar-refractivity contribution is 8.00. The Labute approximate surface area is 197 Å². The first-order valence-electron chi connectivity index (χ1n) is 10.5. The van der Waals surface area contributed by atoms with Crippen molar-refractivity contribution in [3.63, 3.8) is 0 Å². The van der Waals surface area contributed by atoms with Crippen LogP contribution in [-0.4, -0.2) is 35.3 Å². The zero-order chi connectivity index (χ0) is 23.2. The Morgan fingerprint density at radius 3 is 2.03 bits per heavy atom. The average molecular weight is 460 g/mol. The van der Waals surface area contributed by atoms with Crippen molar-refractivity contribution in [3.05, 3.63) is 78.9 Å². The van der Waals surface area contributed by atoms with Crippen LogP contribution in [0.25, 0.3) is 22.5 Å². The first kappa shape index (κ1) is 22.5. The van der Waals surface area contributed by atoms with Gasteiger partial charge in [0.15, 0.2) is 5.16 Å². The van der Waals surface area contributed by atoms with Crippen LogP contribution in [-0.2, 0) is 4.79 Å². The lowest BCUT2D eigenvalue weighted by Gasteiger charge is -2.10. The van der Waals surface area contributed by atoms with Gasteiger partial charge in [-0.25, -0.2) is 4.98 Å². The van der Waals surface area contributed by atoms with Gasteiger partial charge in [-0.15, -0.1) is 0 Å². The van der Waals surface area contributed by atoms with Crippen molar-refractivity contribution in [2.24, 2.45) is 0 Å². The fraction of sp³-hybridized carbons (Fsp3) is 0.154. The Morgan fingerprint density at radius 2 is 1.45 bits per heavy atom. The quantitative estimate of drug-likeness (QED) is 0.322. The lowest BCUT2D eigenvalue weighted by Crippen LogP contribution is -2.22. The van der Waals surface area contributed by atoms with Gasteiger partial charge < -0.3 is 19.8 Å². The second-order valence-corrected chi connectivity index (χ2v) is 8.67. The van der Waals surface area contributed by atoms with Crippen LogP contribution in [0.15, 0.2) is 84.0 Å².